The second kappa shape index (κ2) is 11.1. The molecule has 7 rings (SSSR count). The summed E-state index contributed by atoms with van der Waals surface area (Å²) in [7, 11) is 0. The van der Waals surface area contributed by atoms with E-state index in [-0.39, 0.29) is 48.6 Å². The zero-order valence-electron chi connectivity index (χ0n) is 24.5. The van der Waals surface area contributed by atoms with Gasteiger partial charge in [-0.1, -0.05) is 68.4 Å². The van der Waals surface area contributed by atoms with Gasteiger partial charge in [0.1, 0.15) is 23.8 Å². The van der Waals surface area contributed by atoms with E-state index in [4.69, 9.17) is 13.9 Å². The van der Waals surface area contributed by atoms with Gasteiger partial charge in [-0.05, 0) is 51.5 Å². The van der Waals surface area contributed by atoms with Crippen molar-refractivity contribution in [2.24, 2.45) is 11.8 Å². The minimum atomic E-state index is -1.26. The third kappa shape index (κ3) is 4.77. The van der Waals surface area contributed by atoms with E-state index in [1.807, 2.05) is 80.6 Å². The topological polar surface area (TPSA) is 140 Å². The van der Waals surface area contributed by atoms with Gasteiger partial charge in [0.25, 0.3) is 0 Å². The Labute approximate surface area is 267 Å². The Morgan fingerprint density at radius 2 is 1.89 bits per heavy atom. The molecule has 0 radical (unpaired) electrons. The predicted molar refractivity (Wildman–Crippen MR) is 166 cm³/mol. The highest BCUT2D eigenvalue weighted by atomic mass is 79.9. The molecule has 2 unspecified atom stereocenters. The lowest BCUT2D eigenvalue weighted by Gasteiger charge is -2.28. The van der Waals surface area contributed by atoms with Gasteiger partial charge in [0.15, 0.2) is 17.7 Å². The Bertz CT molecular complexity index is 1840. The molecule has 0 aliphatic carbocycles. The number of carboxylic acid groups (broad SMARTS) is 1. The standard InChI is InChI=1S/C34H30BrN3O7/c1-17(2)26-31-37-28(32(41)42)29(45-31)34-21-9-6-10-23(35)27(21)38-33(34)44-24-12-11-19(14-22(24)34)13-20(30(40)36-26)15-25(39)43-16-18-7-4-3-5-8-18/h3-12,14,17,20,26,33,38H,13,15-16H2,1-2H3,(H,36,40)(H,41,42)/t20?,26-,33-,34?/m0/s1. The van der Waals surface area contributed by atoms with Crippen LogP contribution in [0.2, 0.25) is 0 Å². The van der Waals surface area contributed by atoms with Gasteiger partial charge in [-0.3, -0.25) is 9.59 Å². The van der Waals surface area contributed by atoms with Gasteiger partial charge in [0.2, 0.25) is 11.8 Å². The van der Waals surface area contributed by atoms with Crippen LogP contribution >= 0.6 is 15.9 Å². The highest BCUT2D eigenvalue weighted by molar-refractivity contribution is 9.10. The number of carbonyl (C=O) groups is 3. The average molecular weight is 673 g/mol. The first-order valence-electron chi connectivity index (χ1n) is 14.8. The Morgan fingerprint density at radius 3 is 2.64 bits per heavy atom. The first-order chi connectivity index (χ1) is 21.7. The van der Waals surface area contributed by atoms with E-state index < -0.39 is 35.5 Å². The molecule has 0 saturated heterocycles. The number of carboxylic acids is 1. The van der Waals surface area contributed by atoms with E-state index in [0.717, 1.165) is 26.9 Å². The second-order valence-electron chi connectivity index (χ2n) is 12.0. The lowest BCUT2D eigenvalue weighted by atomic mass is 9.72. The SMILES string of the molecule is CC(C)[C@@H]1NC(=O)C(CC(=O)OCc2ccccc2)Cc2ccc3c(c2)C2(c4cccc(Br)c4N[C@H]2O3)c2oc1nc2C(=O)O. The Balaban J connectivity index is 1.36. The number of benzene rings is 3. The summed E-state index contributed by atoms with van der Waals surface area (Å²) in [5.74, 6) is -2.41. The number of halogens is 1. The van der Waals surface area contributed by atoms with E-state index in [9.17, 15) is 19.5 Å². The number of fused-ring (bicyclic) bond motifs is 4. The lowest BCUT2D eigenvalue weighted by molar-refractivity contribution is -0.148. The number of carbonyl (C=O) groups excluding carboxylic acids is 2. The molecule has 0 saturated carbocycles. The fraction of sp³-hybridized carbons (Fsp3) is 0.294. The van der Waals surface area contributed by atoms with Gasteiger partial charge in [-0.25, -0.2) is 9.78 Å². The fourth-order valence-corrected chi connectivity index (χ4v) is 7.08. The maximum absolute atomic E-state index is 13.9. The number of ether oxygens (including phenoxy) is 2. The molecule has 10 nitrogen and oxygen atoms in total. The molecule has 4 atom stereocenters. The molecule has 230 valence electrons. The van der Waals surface area contributed by atoms with E-state index in [2.05, 4.69) is 31.5 Å². The minimum absolute atomic E-state index is 0.0675. The van der Waals surface area contributed by atoms with Crippen LogP contribution in [-0.4, -0.2) is 34.2 Å². The number of anilines is 1. The average Bonchev–Trinajstić information content (AvgIpc) is 3.68. The highest BCUT2D eigenvalue weighted by Gasteiger charge is 2.61. The number of aromatic nitrogens is 1. The highest BCUT2D eigenvalue weighted by Crippen LogP contribution is 2.59. The van der Waals surface area contributed by atoms with E-state index in [1.54, 1.807) is 0 Å². The van der Waals surface area contributed by atoms with Gasteiger partial charge in [-0.15, -0.1) is 0 Å². The number of rotatable bonds is 6. The van der Waals surface area contributed by atoms with Crippen LogP contribution in [0.4, 0.5) is 5.69 Å². The van der Waals surface area contributed by atoms with Gasteiger partial charge >= 0.3 is 11.9 Å². The van der Waals surface area contributed by atoms with Crippen LogP contribution in [0, 0.1) is 11.8 Å². The quantitative estimate of drug-likeness (QED) is 0.219. The molecular formula is C34H30BrN3O7. The number of para-hydroxylation sites is 1. The van der Waals surface area contributed by atoms with Crippen molar-refractivity contribution in [3.63, 3.8) is 0 Å². The van der Waals surface area contributed by atoms with Crippen molar-refractivity contribution in [3.05, 3.63) is 111 Å². The number of nitrogens with one attached hydrogen (secondary N) is 2. The largest absolute Gasteiger partial charge is 0.476 e. The van der Waals surface area contributed by atoms with Crippen LogP contribution < -0.4 is 15.4 Å². The van der Waals surface area contributed by atoms with Crippen molar-refractivity contribution in [2.75, 3.05) is 5.32 Å². The molecule has 1 spiro atoms. The first-order valence-corrected chi connectivity index (χ1v) is 15.6. The minimum Gasteiger partial charge on any atom is -0.476 e. The number of hydrogen-bond donors (Lipinski definition) is 3. The summed E-state index contributed by atoms with van der Waals surface area (Å²) in [6, 6.07) is 19.9. The van der Waals surface area contributed by atoms with Crippen LogP contribution in [-0.2, 0) is 32.8 Å². The maximum Gasteiger partial charge on any atom is 0.358 e. The van der Waals surface area contributed by atoms with Crippen LogP contribution in [0.1, 0.15) is 70.7 Å². The molecule has 4 aromatic rings. The van der Waals surface area contributed by atoms with Crippen molar-refractivity contribution >= 4 is 39.5 Å². The molecule has 3 aromatic carbocycles. The van der Waals surface area contributed by atoms with Crippen LogP contribution in [0.15, 0.2) is 75.6 Å². The fourth-order valence-electron chi connectivity index (χ4n) is 6.60. The van der Waals surface area contributed by atoms with Crippen LogP contribution in [0.5, 0.6) is 5.75 Å². The summed E-state index contributed by atoms with van der Waals surface area (Å²) < 4.78 is 19.3. The number of aromatic carboxylic acids is 1. The Morgan fingerprint density at radius 1 is 1.09 bits per heavy atom. The molecule has 1 aromatic heterocycles. The summed E-state index contributed by atoms with van der Waals surface area (Å²) in [5.41, 5.74) is 2.38. The van der Waals surface area contributed by atoms with Crippen molar-refractivity contribution in [3.8, 4) is 5.75 Å². The summed E-state index contributed by atoms with van der Waals surface area (Å²) in [6.07, 6.45) is -0.643. The van der Waals surface area contributed by atoms with Gasteiger partial charge in [-0.2, -0.15) is 0 Å². The van der Waals surface area contributed by atoms with Gasteiger partial charge < -0.3 is 29.6 Å². The molecule has 3 aliphatic heterocycles. The molecule has 3 N–H and O–H groups in total. The smallest absolute Gasteiger partial charge is 0.358 e. The van der Waals surface area contributed by atoms with Crippen molar-refractivity contribution in [2.45, 2.75) is 51.0 Å². The number of amides is 1. The first kappa shape index (κ1) is 29.1. The van der Waals surface area contributed by atoms with Gasteiger partial charge in [0, 0.05) is 15.6 Å². The Kier molecular flexibility index (Phi) is 7.15. The van der Waals surface area contributed by atoms with Crippen molar-refractivity contribution in [1.29, 1.82) is 0 Å². The number of esters is 1. The predicted octanol–water partition coefficient (Wildman–Crippen LogP) is 5.73. The number of oxazole rings is 1. The van der Waals surface area contributed by atoms with Gasteiger partial charge in [0.05, 0.1) is 18.0 Å². The third-order valence-electron chi connectivity index (χ3n) is 8.76. The van der Waals surface area contributed by atoms with E-state index >= 15 is 0 Å². The molecule has 11 heteroatoms. The zero-order chi connectivity index (χ0) is 31.5. The molecule has 3 aliphatic rings. The molecule has 4 bridgehead atoms. The molecule has 4 heterocycles. The van der Waals surface area contributed by atoms with Crippen LogP contribution in [0.25, 0.3) is 0 Å². The third-order valence-corrected chi connectivity index (χ3v) is 9.43. The second-order valence-corrected chi connectivity index (χ2v) is 12.8. The normalized spacial score (nSPS) is 22.7. The van der Waals surface area contributed by atoms with Crippen molar-refractivity contribution in [1.82, 2.24) is 10.3 Å². The van der Waals surface area contributed by atoms with E-state index in [1.165, 1.54) is 0 Å². The number of nitrogens with zero attached hydrogens (tertiary/aromatic N) is 1. The summed E-state index contributed by atoms with van der Waals surface area (Å²) in [6.45, 7) is 3.87. The zero-order valence-corrected chi connectivity index (χ0v) is 26.1. The molecule has 1 amide bonds. The molecule has 45 heavy (non-hydrogen) atoms. The number of hydrogen-bond acceptors (Lipinski definition) is 8. The summed E-state index contributed by atoms with van der Waals surface area (Å²) >= 11 is 3.63. The molecular weight excluding hydrogens is 642 g/mol. The Hall–Kier alpha value is -4.64. The summed E-state index contributed by atoms with van der Waals surface area (Å²) in [4.78, 5) is 44.2. The monoisotopic (exact) mass is 671 g/mol. The molecule has 0 fully saturated rings. The maximum atomic E-state index is 13.9. The lowest BCUT2D eigenvalue weighted by Crippen LogP contribution is -2.41. The van der Waals surface area contributed by atoms with Crippen molar-refractivity contribution < 1.29 is 33.4 Å². The van der Waals surface area contributed by atoms with Crippen LogP contribution in [0.3, 0.4) is 0 Å². The summed E-state index contributed by atoms with van der Waals surface area (Å²) in [5, 5.41) is 16.9. The van der Waals surface area contributed by atoms with E-state index in [0.29, 0.717) is 11.3 Å².